The van der Waals surface area contributed by atoms with E-state index >= 15 is 0 Å². The second kappa shape index (κ2) is 9.17. The number of rotatable bonds is 3. The highest BCUT2D eigenvalue weighted by atomic mass is 32.1. The maximum atomic E-state index is 13.3. The second-order valence-electron chi connectivity index (χ2n) is 8.77. The molecule has 2 aromatic rings. The van der Waals surface area contributed by atoms with Gasteiger partial charge in [0.25, 0.3) is 5.91 Å². The fraction of sp³-hybridized carbons (Fsp3) is 0.583. The van der Waals surface area contributed by atoms with Crippen LogP contribution < -0.4 is 9.47 Å². The average Bonchev–Trinajstić information content (AvgIpc) is 3.01. The fourth-order valence-corrected chi connectivity index (χ4v) is 5.96. The van der Waals surface area contributed by atoms with E-state index in [1.165, 1.54) is 50.1 Å². The molecule has 0 unspecified atom stereocenters. The molecule has 0 atom stereocenters. The summed E-state index contributed by atoms with van der Waals surface area (Å²) in [4.78, 5) is 23.5. The molecule has 1 aromatic heterocycles. The van der Waals surface area contributed by atoms with Crippen LogP contribution in [0.4, 0.5) is 0 Å². The molecule has 0 spiro atoms. The van der Waals surface area contributed by atoms with Crippen LogP contribution in [-0.2, 0) is 0 Å². The number of hydrogen-bond donors (Lipinski definition) is 0. The summed E-state index contributed by atoms with van der Waals surface area (Å²) in [7, 11) is 0. The Labute approximate surface area is 188 Å². The van der Waals surface area contributed by atoms with Gasteiger partial charge in [0.15, 0.2) is 11.5 Å². The predicted molar refractivity (Wildman–Crippen MR) is 122 cm³/mol. The summed E-state index contributed by atoms with van der Waals surface area (Å²) < 4.78 is 11.3. The van der Waals surface area contributed by atoms with Crippen molar-refractivity contribution in [1.29, 1.82) is 0 Å². The van der Waals surface area contributed by atoms with Crippen LogP contribution in [-0.4, -0.2) is 66.1 Å². The fourth-order valence-electron chi connectivity index (χ4n) is 4.93. The van der Waals surface area contributed by atoms with E-state index in [1.807, 2.05) is 30.0 Å². The number of aryl methyl sites for hydroxylation is 1. The van der Waals surface area contributed by atoms with Crippen LogP contribution in [0.15, 0.2) is 18.2 Å². The molecular formula is C24H31N3O3S. The van der Waals surface area contributed by atoms with Crippen molar-refractivity contribution < 1.29 is 14.3 Å². The van der Waals surface area contributed by atoms with Crippen LogP contribution in [0, 0.1) is 6.92 Å². The van der Waals surface area contributed by atoms with E-state index < -0.39 is 0 Å². The largest absolute Gasteiger partial charge is 0.486 e. The predicted octanol–water partition coefficient (Wildman–Crippen LogP) is 4.37. The Hall–Kier alpha value is -2.12. The van der Waals surface area contributed by atoms with E-state index in [0.29, 0.717) is 19.3 Å². The van der Waals surface area contributed by atoms with Crippen molar-refractivity contribution in [1.82, 2.24) is 14.8 Å². The lowest BCUT2D eigenvalue weighted by molar-refractivity contribution is 0.0626. The summed E-state index contributed by atoms with van der Waals surface area (Å²) in [6.07, 6.45) is 7.54. The Morgan fingerprint density at radius 1 is 1.00 bits per heavy atom. The first-order chi connectivity index (χ1) is 15.2. The number of amides is 1. The normalized spacial score (nSPS) is 20.5. The molecule has 31 heavy (non-hydrogen) atoms. The molecule has 2 fully saturated rings. The number of carbonyl (C=O) groups is 1. The van der Waals surface area contributed by atoms with Crippen molar-refractivity contribution in [2.24, 2.45) is 0 Å². The van der Waals surface area contributed by atoms with Crippen LogP contribution in [0.2, 0.25) is 0 Å². The number of aromatic nitrogens is 1. The maximum absolute atomic E-state index is 13.3. The molecule has 166 valence electrons. The maximum Gasteiger partial charge on any atom is 0.265 e. The number of nitrogens with zero attached hydrogens (tertiary/aromatic N) is 3. The van der Waals surface area contributed by atoms with Crippen molar-refractivity contribution in [3.8, 4) is 22.1 Å². The van der Waals surface area contributed by atoms with Crippen LogP contribution >= 0.6 is 11.3 Å². The van der Waals surface area contributed by atoms with Gasteiger partial charge in [-0.3, -0.25) is 4.79 Å². The molecule has 5 rings (SSSR count). The number of ether oxygens (including phenoxy) is 2. The van der Waals surface area contributed by atoms with Gasteiger partial charge in [-0.25, -0.2) is 4.98 Å². The molecule has 3 aliphatic rings. The molecule has 0 N–H and O–H groups in total. The highest BCUT2D eigenvalue weighted by Gasteiger charge is 2.29. The van der Waals surface area contributed by atoms with Crippen molar-refractivity contribution in [3.05, 3.63) is 28.8 Å². The van der Waals surface area contributed by atoms with E-state index in [0.717, 1.165) is 58.6 Å². The molecule has 0 bridgehead atoms. The van der Waals surface area contributed by atoms with Crippen LogP contribution in [0.5, 0.6) is 11.5 Å². The van der Waals surface area contributed by atoms with E-state index in [1.54, 1.807) is 0 Å². The summed E-state index contributed by atoms with van der Waals surface area (Å²) in [6, 6.07) is 6.52. The first-order valence-electron chi connectivity index (χ1n) is 11.6. The first-order valence-corrected chi connectivity index (χ1v) is 12.4. The molecular weight excluding hydrogens is 410 g/mol. The van der Waals surface area contributed by atoms with Crippen molar-refractivity contribution in [2.75, 3.05) is 39.4 Å². The Bertz CT molecular complexity index is 928. The smallest absolute Gasteiger partial charge is 0.265 e. The Morgan fingerprint density at radius 3 is 2.45 bits per heavy atom. The van der Waals surface area contributed by atoms with Gasteiger partial charge in [0.2, 0.25) is 0 Å². The third-order valence-corrected chi connectivity index (χ3v) is 7.88. The number of carbonyl (C=O) groups excluding carboxylic acids is 1. The summed E-state index contributed by atoms with van der Waals surface area (Å²) in [5.74, 6) is 1.65. The van der Waals surface area contributed by atoms with Gasteiger partial charge < -0.3 is 19.3 Å². The van der Waals surface area contributed by atoms with E-state index in [2.05, 4.69) is 4.90 Å². The monoisotopic (exact) mass is 441 g/mol. The molecule has 0 radical (unpaired) electrons. The van der Waals surface area contributed by atoms with E-state index in [4.69, 9.17) is 14.5 Å². The number of likely N-dealkylation sites (tertiary alicyclic amines) is 2. The van der Waals surface area contributed by atoms with E-state index in [-0.39, 0.29) is 5.91 Å². The zero-order valence-electron chi connectivity index (χ0n) is 18.3. The van der Waals surface area contributed by atoms with Crippen LogP contribution in [0.3, 0.4) is 0 Å². The number of thiazole rings is 1. The molecule has 2 saturated heterocycles. The Kier molecular flexibility index (Phi) is 6.14. The van der Waals surface area contributed by atoms with Crippen molar-refractivity contribution >= 4 is 17.2 Å². The van der Waals surface area contributed by atoms with Gasteiger partial charge in [0, 0.05) is 24.7 Å². The standard InChI is InChI=1S/C24H31N3O3S/c1-17-22(31-23(25-17)18-6-7-20-21(16-18)30-15-14-29-20)24(28)27-12-8-19(9-13-27)26-10-4-2-3-5-11-26/h6-7,16,19H,2-5,8-15H2,1H3. The molecule has 7 heteroatoms. The minimum absolute atomic E-state index is 0.133. The van der Waals surface area contributed by atoms with Gasteiger partial charge in [-0.1, -0.05) is 12.8 Å². The van der Waals surface area contributed by atoms with Crippen LogP contribution in [0.1, 0.15) is 53.9 Å². The summed E-state index contributed by atoms with van der Waals surface area (Å²) >= 11 is 1.49. The van der Waals surface area contributed by atoms with Crippen molar-refractivity contribution in [2.45, 2.75) is 51.5 Å². The SMILES string of the molecule is Cc1nc(-c2ccc3c(c2)OCCO3)sc1C(=O)N1CCC(N2CCCCCC2)CC1. The highest BCUT2D eigenvalue weighted by Crippen LogP contribution is 2.37. The van der Waals surface area contributed by atoms with Gasteiger partial charge >= 0.3 is 0 Å². The average molecular weight is 442 g/mol. The lowest BCUT2D eigenvalue weighted by Gasteiger charge is -2.38. The number of benzene rings is 1. The third kappa shape index (κ3) is 4.44. The summed E-state index contributed by atoms with van der Waals surface area (Å²) in [5, 5.41) is 0.859. The number of hydrogen-bond acceptors (Lipinski definition) is 6. The van der Waals surface area contributed by atoms with Gasteiger partial charge in [0.1, 0.15) is 23.1 Å². The Balaban J connectivity index is 1.26. The zero-order valence-corrected chi connectivity index (χ0v) is 19.1. The second-order valence-corrected chi connectivity index (χ2v) is 9.76. The summed E-state index contributed by atoms with van der Waals surface area (Å²) in [5.41, 5.74) is 1.78. The van der Waals surface area contributed by atoms with E-state index in [9.17, 15) is 4.79 Å². The van der Waals surface area contributed by atoms with Gasteiger partial charge in [-0.15, -0.1) is 11.3 Å². The lowest BCUT2D eigenvalue weighted by atomic mass is 10.0. The molecule has 0 saturated carbocycles. The topological polar surface area (TPSA) is 54.9 Å². The summed E-state index contributed by atoms with van der Waals surface area (Å²) in [6.45, 7) is 7.22. The minimum atomic E-state index is 0.133. The van der Waals surface area contributed by atoms with Gasteiger partial charge in [-0.05, 0) is 63.9 Å². The minimum Gasteiger partial charge on any atom is -0.486 e. The third-order valence-electron chi connectivity index (χ3n) is 6.69. The quantitative estimate of drug-likeness (QED) is 0.708. The lowest BCUT2D eigenvalue weighted by Crippen LogP contribution is -2.47. The molecule has 1 aromatic carbocycles. The molecule has 4 heterocycles. The molecule has 1 amide bonds. The number of fused-ring (bicyclic) bond motifs is 1. The molecule has 3 aliphatic heterocycles. The first kappa shape index (κ1) is 20.8. The molecule has 0 aliphatic carbocycles. The number of piperidine rings is 1. The Morgan fingerprint density at radius 2 is 1.71 bits per heavy atom. The van der Waals surface area contributed by atoms with Crippen LogP contribution in [0.25, 0.3) is 10.6 Å². The zero-order chi connectivity index (χ0) is 21.2. The molecule has 6 nitrogen and oxygen atoms in total. The van der Waals surface area contributed by atoms with Gasteiger partial charge in [0.05, 0.1) is 5.69 Å². The van der Waals surface area contributed by atoms with Gasteiger partial charge in [-0.2, -0.15) is 0 Å². The highest BCUT2D eigenvalue weighted by molar-refractivity contribution is 7.17. The van der Waals surface area contributed by atoms with Crippen molar-refractivity contribution in [3.63, 3.8) is 0 Å².